The second-order valence-electron chi connectivity index (χ2n) is 1.92. The lowest BCUT2D eigenvalue weighted by molar-refractivity contribution is 0.354. The van der Waals surface area contributed by atoms with Crippen LogP contribution in [-0.4, -0.2) is 32.0 Å². The highest BCUT2D eigenvalue weighted by molar-refractivity contribution is 6.45. The Hall–Kier alpha value is -0.965. The Balaban J connectivity index is 3.19. The van der Waals surface area contributed by atoms with E-state index in [-0.39, 0.29) is 22.5 Å². The van der Waals surface area contributed by atoms with Gasteiger partial charge in [0.2, 0.25) is 5.88 Å². The van der Waals surface area contributed by atoms with E-state index in [1.165, 1.54) is 14.2 Å². The summed E-state index contributed by atoms with van der Waals surface area (Å²) in [5.41, 5.74) is 0.208. The SMILES string of the molecule is [B]c1c(Cl)nc(OC)nc1OC. The molecule has 4 nitrogen and oxygen atoms in total. The van der Waals surface area contributed by atoms with Gasteiger partial charge in [-0.25, -0.2) is 0 Å². The summed E-state index contributed by atoms with van der Waals surface area (Å²) in [5.74, 6) is 0.215. The molecule has 0 N–H and O–H groups in total. The van der Waals surface area contributed by atoms with Crippen LogP contribution in [0.15, 0.2) is 0 Å². The van der Waals surface area contributed by atoms with Crippen molar-refractivity contribution in [1.29, 1.82) is 0 Å². The largest absolute Gasteiger partial charge is 0.481 e. The van der Waals surface area contributed by atoms with Crippen LogP contribution in [0.25, 0.3) is 0 Å². The smallest absolute Gasteiger partial charge is 0.320 e. The Morgan fingerprint density at radius 1 is 1.25 bits per heavy atom. The van der Waals surface area contributed by atoms with Gasteiger partial charge in [0.25, 0.3) is 0 Å². The molecule has 0 aromatic carbocycles. The first-order chi connectivity index (χ1) is 5.69. The van der Waals surface area contributed by atoms with Gasteiger partial charge in [-0.05, 0) is 0 Å². The van der Waals surface area contributed by atoms with Crippen molar-refractivity contribution in [3.63, 3.8) is 0 Å². The minimum absolute atomic E-state index is 0.124. The van der Waals surface area contributed by atoms with Crippen molar-refractivity contribution >= 4 is 24.9 Å². The topological polar surface area (TPSA) is 44.2 Å². The van der Waals surface area contributed by atoms with Crippen molar-refractivity contribution in [3.8, 4) is 11.9 Å². The Morgan fingerprint density at radius 2 is 1.92 bits per heavy atom. The van der Waals surface area contributed by atoms with Gasteiger partial charge in [0.15, 0.2) is 0 Å². The summed E-state index contributed by atoms with van der Waals surface area (Å²) in [6, 6.07) is 0.131. The third-order valence-corrected chi connectivity index (χ3v) is 1.51. The number of ether oxygens (including phenoxy) is 2. The number of hydrogen-bond acceptors (Lipinski definition) is 4. The Morgan fingerprint density at radius 3 is 2.42 bits per heavy atom. The summed E-state index contributed by atoms with van der Waals surface area (Å²) in [5, 5.41) is 0.124. The van der Waals surface area contributed by atoms with Gasteiger partial charge in [-0.1, -0.05) is 11.6 Å². The predicted molar refractivity (Wildman–Crippen MR) is 45.5 cm³/mol. The summed E-state index contributed by atoms with van der Waals surface area (Å²) in [7, 11) is 8.35. The molecule has 1 rings (SSSR count). The lowest BCUT2D eigenvalue weighted by Gasteiger charge is -2.06. The van der Waals surface area contributed by atoms with Gasteiger partial charge in [0, 0.05) is 5.46 Å². The van der Waals surface area contributed by atoms with E-state index in [1.807, 2.05) is 0 Å². The lowest BCUT2D eigenvalue weighted by Crippen LogP contribution is -2.13. The normalized spacial score (nSPS) is 9.58. The van der Waals surface area contributed by atoms with Gasteiger partial charge in [-0.2, -0.15) is 9.97 Å². The Labute approximate surface area is 76.3 Å². The molecule has 62 valence electrons. The highest BCUT2D eigenvalue weighted by atomic mass is 35.5. The molecule has 1 aromatic rings. The molecule has 0 unspecified atom stereocenters. The zero-order valence-corrected chi connectivity index (χ0v) is 7.42. The highest BCUT2D eigenvalue weighted by Crippen LogP contribution is 2.12. The van der Waals surface area contributed by atoms with Crippen molar-refractivity contribution in [3.05, 3.63) is 5.15 Å². The fourth-order valence-corrected chi connectivity index (χ4v) is 0.805. The van der Waals surface area contributed by atoms with Crippen LogP contribution in [0.2, 0.25) is 5.15 Å². The van der Waals surface area contributed by atoms with Crippen molar-refractivity contribution < 1.29 is 9.47 Å². The molecular formula is C6H6BClN2O2. The van der Waals surface area contributed by atoms with Crippen LogP contribution < -0.4 is 14.9 Å². The summed E-state index contributed by atoms with van der Waals surface area (Å²) >= 11 is 5.64. The van der Waals surface area contributed by atoms with E-state index in [0.717, 1.165) is 0 Å². The van der Waals surface area contributed by atoms with Gasteiger partial charge in [-0.3, -0.25) is 0 Å². The summed E-state index contributed by atoms with van der Waals surface area (Å²) < 4.78 is 9.58. The van der Waals surface area contributed by atoms with Crippen LogP contribution in [0.1, 0.15) is 0 Å². The summed E-state index contributed by atoms with van der Waals surface area (Å²) in [6.45, 7) is 0. The van der Waals surface area contributed by atoms with Crippen LogP contribution >= 0.6 is 11.6 Å². The second kappa shape index (κ2) is 3.62. The summed E-state index contributed by atoms with van der Waals surface area (Å²) in [4.78, 5) is 7.53. The zero-order chi connectivity index (χ0) is 9.14. The molecule has 2 radical (unpaired) electrons. The fourth-order valence-electron chi connectivity index (χ4n) is 0.651. The number of halogens is 1. The first-order valence-corrected chi connectivity index (χ1v) is 3.47. The third kappa shape index (κ3) is 1.61. The quantitative estimate of drug-likeness (QED) is 0.477. The minimum atomic E-state index is 0.124. The average molecular weight is 184 g/mol. The van der Waals surface area contributed by atoms with Crippen LogP contribution in [0.4, 0.5) is 0 Å². The fraction of sp³-hybridized carbons (Fsp3) is 0.333. The van der Waals surface area contributed by atoms with Gasteiger partial charge >= 0.3 is 6.01 Å². The number of rotatable bonds is 2. The average Bonchev–Trinajstić information content (AvgIpc) is 2.09. The standard InChI is InChI=1S/C6H6BClN2O2/c1-11-5-3(7)4(8)9-6(10-5)12-2/h1-2H3. The van der Waals surface area contributed by atoms with E-state index >= 15 is 0 Å². The van der Waals surface area contributed by atoms with Crippen LogP contribution in [-0.2, 0) is 0 Å². The van der Waals surface area contributed by atoms with Gasteiger partial charge in [0.05, 0.1) is 14.2 Å². The van der Waals surface area contributed by atoms with Crippen LogP contribution in [0, 0.1) is 0 Å². The number of nitrogens with zero attached hydrogens (tertiary/aromatic N) is 2. The predicted octanol–water partition coefficient (Wildman–Crippen LogP) is -0.0590. The first-order valence-electron chi connectivity index (χ1n) is 3.10. The third-order valence-electron chi connectivity index (χ3n) is 1.22. The van der Waals surface area contributed by atoms with E-state index in [9.17, 15) is 0 Å². The van der Waals surface area contributed by atoms with Crippen molar-refractivity contribution in [1.82, 2.24) is 9.97 Å². The van der Waals surface area contributed by atoms with Gasteiger partial charge < -0.3 is 9.47 Å². The van der Waals surface area contributed by atoms with E-state index in [4.69, 9.17) is 28.9 Å². The molecule has 0 aliphatic rings. The number of aromatic nitrogens is 2. The van der Waals surface area contributed by atoms with Gasteiger partial charge in [-0.15, -0.1) is 0 Å². The van der Waals surface area contributed by atoms with Crippen LogP contribution in [0.5, 0.6) is 11.9 Å². The molecule has 0 bridgehead atoms. The van der Waals surface area contributed by atoms with E-state index < -0.39 is 0 Å². The van der Waals surface area contributed by atoms with Crippen LogP contribution in [0.3, 0.4) is 0 Å². The lowest BCUT2D eigenvalue weighted by atomic mass is 10.00. The molecule has 0 aliphatic heterocycles. The zero-order valence-electron chi connectivity index (χ0n) is 6.67. The van der Waals surface area contributed by atoms with Gasteiger partial charge in [0.1, 0.15) is 13.0 Å². The monoisotopic (exact) mass is 184 g/mol. The molecule has 0 fully saturated rings. The molecular weight excluding hydrogens is 178 g/mol. The molecule has 1 heterocycles. The Kier molecular flexibility index (Phi) is 2.76. The molecule has 0 atom stereocenters. The van der Waals surface area contributed by atoms with E-state index in [1.54, 1.807) is 0 Å². The van der Waals surface area contributed by atoms with E-state index in [0.29, 0.717) is 0 Å². The molecule has 1 aromatic heterocycles. The Bertz CT molecular complexity index is 295. The van der Waals surface area contributed by atoms with E-state index in [2.05, 4.69) is 9.97 Å². The minimum Gasteiger partial charge on any atom is -0.481 e. The number of methoxy groups -OCH3 is 2. The molecule has 0 saturated heterocycles. The highest BCUT2D eigenvalue weighted by Gasteiger charge is 2.08. The first kappa shape index (κ1) is 9.13. The molecule has 12 heavy (non-hydrogen) atoms. The second-order valence-corrected chi connectivity index (χ2v) is 2.28. The maximum Gasteiger partial charge on any atom is 0.320 e. The molecule has 0 amide bonds. The maximum absolute atomic E-state index is 5.64. The van der Waals surface area contributed by atoms with Crippen molar-refractivity contribution in [2.45, 2.75) is 0 Å². The maximum atomic E-state index is 5.64. The van der Waals surface area contributed by atoms with Crippen molar-refractivity contribution in [2.24, 2.45) is 0 Å². The number of hydrogen-bond donors (Lipinski definition) is 0. The molecule has 0 spiro atoms. The molecule has 0 aliphatic carbocycles. The van der Waals surface area contributed by atoms with Crippen molar-refractivity contribution in [2.75, 3.05) is 14.2 Å². The summed E-state index contributed by atoms with van der Waals surface area (Å²) in [6.07, 6.45) is 0. The molecule has 0 saturated carbocycles. The molecule has 6 heteroatoms.